The van der Waals surface area contributed by atoms with E-state index in [2.05, 4.69) is 10.3 Å². The number of guanidine groups is 1. The summed E-state index contributed by atoms with van der Waals surface area (Å²) in [5.74, 6) is -0.0885. The average Bonchev–Trinajstić information content (AvgIpc) is 3.50. The van der Waals surface area contributed by atoms with Gasteiger partial charge in [-0.25, -0.2) is 9.38 Å². The van der Waals surface area contributed by atoms with Crippen LogP contribution < -0.4 is 15.8 Å². The Bertz CT molecular complexity index is 1010. The topological polar surface area (TPSA) is 106 Å². The fraction of sp³-hybridized carbons (Fsp3) is 0.640. The zero-order valence-electron chi connectivity index (χ0n) is 20.6. The van der Waals surface area contributed by atoms with E-state index in [0.717, 1.165) is 0 Å². The van der Waals surface area contributed by atoms with Gasteiger partial charge in [-0.15, -0.1) is 0 Å². The van der Waals surface area contributed by atoms with Crippen LogP contribution in [0.3, 0.4) is 0 Å². The van der Waals surface area contributed by atoms with Crippen LogP contribution in [0.25, 0.3) is 0 Å². The summed E-state index contributed by atoms with van der Waals surface area (Å²) in [4.78, 5) is 32.3. The lowest BCUT2D eigenvalue weighted by atomic mass is 9.89. The predicted molar refractivity (Wildman–Crippen MR) is 126 cm³/mol. The number of ether oxygens (including phenoxy) is 2. The monoisotopic (exact) mass is 474 g/mol. The maximum absolute atomic E-state index is 13.9. The van der Waals surface area contributed by atoms with E-state index in [9.17, 15) is 14.0 Å². The van der Waals surface area contributed by atoms with E-state index < -0.39 is 11.1 Å². The minimum atomic E-state index is -0.539. The van der Waals surface area contributed by atoms with Crippen LogP contribution in [0.4, 0.5) is 4.39 Å². The van der Waals surface area contributed by atoms with Crippen molar-refractivity contribution < 1.29 is 23.5 Å². The third-order valence-corrected chi connectivity index (χ3v) is 6.88. The number of nitrogens with two attached hydrogens (primary N) is 1. The fourth-order valence-corrected chi connectivity index (χ4v) is 5.29. The highest BCUT2D eigenvalue weighted by molar-refractivity contribution is 5.99. The van der Waals surface area contributed by atoms with Gasteiger partial charge in [0, 0.05) is 37.7 Å². The molecule has 0 aromatic heterocycles. The number of amides is 2. The van der Waals surface area contributed by atoms with Crippen molar-refractivity contribution in [1.29, 1.82) is 0 Å². The molecule has 0 spiro atoms. The number of hydrogen-bond acceptors (Lipinski definition) is 6. The lowest BCUT2D eigenvalue weighted by Crippen LogP contribution is -2.55. The summed E-state index contributed by atoms with van der Waals surface area (Å²) < 4.78 is 25.2. The molecule has 4 atom stereocenters. The first-order valence-corrected chi connectivity index (χ1v) is 11.9. The molecule has 8 nitrogen and oxygen atoms in total. The Morgan fingerprint density at radius 2 is 2.12 bits per heavy atom. The van der Waals surface area contributed by atoms with E-state index in [1.165, 1.54) is 12.1 Å². The molecule has 2 heterocycles. The third kappa shape index (κ3) is 5.04. The predicted octanol–water partition coefficient (Wildman–Crippen LogP) is 2.91. The molecule has 3 aliphatic rings. The van der Waals surface area contributed by atoms with E-state index in [1.54, 1.807) is 18.1 Å². The number of aliphatic imine (C=N–C) groups is 1. The van der Waals surface area contributed by atoms with E-state index in [1.807, 2.05) is 27.7 Å². The van der Waals surface area contributed by atoms with Gasteiger partial charge in [-0.05, 0) is 64.7 Å². The van der Waals surface area contributed by atoms with Crippen molar-refractivity contribution in [3.05, 3.63) is 29.6 Å². The summed E-state index contributed by atoms with van der Waals surface area (Å²) in [5.41, 5.74) is 5.82. The molecule has 0 unspecified atom stereocenters. The Morgan fingerprint density at radius 1 is 1.38 bits per heavy atom. The summed E-state index contributed by atoms with van der Waals surface area (Å²) >= 11 is 0. The Labute approximate surface area is 200 Å². The maximum Gasteiger partial charge on any atom is 0.231 e. The number of nitrogens with one attached hydrogen (secondary N) is 1. The van der Waals surface area contributed by atoms with Crippen molar-refractivity contribution in [2.24, 2.45) is 22.6 Å². The first kappa shape index (κ1) is 24.4. The molecule has 1 aromatic carbocycles. The number of nitrogens with zero attached hydrogens (tertiary/aromatic N) is 2. The highest BCUT2D eigenvalue weighted by atomic mass is 19.1. The zero-order valence-corrected chi connectivity index (χ0v) is 20.6. The first-order chi connectivity index (χ1) is 15.9. The first-order valence-electron chi connectivity index (χ1n) is 11.9. The van der Waals surface area contributed by atoms with Crippen LogP contribution in [0.15, 0.2) is 23.2 Å². The van der Waals surface area contributed by atoms with Crippen molar-refractivity contribution in [2.75, 3.05) is 13.7 Å². The maximum atomic E-state index is 13.9. The second kappa shape index (κ2) is 8.83. The van der Waals surface area contributed by atoms with Gasteiger partial charge >= 0.3 is 0 Å². The highest BCUT2D eigenvalue weighted by Crippen LogP contribution is 2.47. The van der Waals surface area contributed by atoms with Gasteiger partial charge in [-0.3, -0.25) is 14.5 Å². The Hall–Kier alpha value is -2.68. The zero-order chi connectivity index (χ0) is 24.8. The molecule has 2 amide bonds. The van der Waals surface area contributed by atoms with Crippen LogP contribution in [0.5, 0.6) is 5.75 Å². The number of halogens is 1. The highest BCUT2D eigenvalue weighted by Gasteiger charge is 2.52. The van der Waals surface area contributed by atoms with Gasteiger partial charge in [0.1, 0.15) is 17.2 Å². The van der Waals surface area contributed by atoms with Gasteiger partial charge in [-0.1, -0.05) is 0 Å². The molecule has 0 bridgehead atoms. The molecule has 1 saturated carbocycles. The molecule has 3 N–H and O–H groups in total. The molecule has 2 aliphatic heterocycles. The third-order valence-electron chi connectivity index (χ3n) is 6.88. The van der Waals surface area contributed by atoms with Crippen LogP contribution in [0.2, 0.25) is 0 Å². The SMILES string of the molecule is COCC[C@H]([C@H]1C[C@@H]1C(=O)N[C@@H]1CC(C)(C)Oc2ccc(F)cc21)N1C(=O)CC(C)(C)N=C1N. The van der Waals surface area contributed by atoms with Crippen molar-refractivity contribution in [3.8, 4) is 5.75 Å². The van der Waals surface area contributed by atoms with E-state index in [0.29, 0.717) is 37.2 Å². The largest absolute Gasteiger partial charge is 0.487 e. The van der Waals surface area contributed by atoms with Crippen molar-refractivity contribution in [2.45, 2.75) is 76.6 Å². The standard InChI is InChI=1S/C25H35FN4O4/c1-24(2)13-21(31)30(23(27)29-24)19(8-9-33-5)15-11-16(15)22(32)28-18-12-25(3,4)34-20-7-6-14(26)10-17(18)20/h6-7,10,15-16,18-19H,8-9,11-13H2,1-5H3,(H2,27,29)(H,28,32)/t15-,16-,18+,19+/m0/s1. The molecule has 0 saturated heterocycles. The number of methoxy groups -OCH3 is 1. The van der Waals surface area contributed by atoms with E-state index >= 15 is 0 Å². The van der Waals surface area contributed by atoms with Crippen molar-refractivity contribution >= 4 is 17.8 Å². The lowest BCUT2D eigenvalue weighted by molar-refractivity contribution is -0.132. The quantitative estimate of drug-likeness (QED) is 0.632. The van der Waals surface area contributed by atoms with Gasteiger partial charge in [0.2, 0.25) is 11.8 Å². The van der Waals surface area contributed by atoms with Gasteiger partial charge < -0.3 is 20.5 Å². The van der Waals surface area contributed by atoms with Crippen LogP contribution in [-0.4, -0.2) is 53.6 Å². The Morgan fingerprint density at radius 3 is 2.79 bits per heavy atom. The summed E-state index contributed by atoms with van der Waals surface area (Å²) in [5, 5.41) is 3.12. The number of benzene rings is 1. The van der Waals surface area contributed by atoms with Crippen LogP contribution in [-0.2, 0) is 14.3 Å². The number of hydrogen-bond donors (Lipinski definition) is 2. The molecule has 186 valence electrons. The molecule has 0 radical (unpaired) electrons. The molecule has 1 aromatic rings. The Balaban J connectivity index is 1.51. The average molecular weight is 475 g/mol. The van der Waals surface area contributed by atoms with Gasteiger partial charge in [0.25, 0.3) is 0 Å². The lowest BCUT2D eigenvalue weighted by Gasteiger charge is -2.38. The minimum Gasteiger partial charge on any atom is -0.487 e. The normalized spacial score (nSPS) is 27.8. The molecule has 34 heavy (non-hydrogen) atoms. The summed E-state index contributed by atoms with van der Waals surface area (Å²) in [6.45, 7) is 8.09. The van der Waals surface area contributed by atoms with Gasteiger partial charge in [0.05, 0.1) is 18.0 Å². The summed E-state index contributed by atoms with van der Waals surface area (Å²) in [6.07, 6.45) is 1.99. The second-order valence-corrected chi connectivity index (χ2v) is 10.9. The Kier molecular flexibility index (Phi) is 6.35. The van der Waals surface area contributed by atoms with E-state index in [4.69, 9.17) is 15.2 Å². The molecule has 9 heteroatoms. The van der Waals surface area contributed by atoms with Crippen LogP contribution in [0.1, 0.15) is 65.0 Å². The smallest absolute Gasteiger partial charge is 0.231 e. The molecular formula is C25H35FN4O4. The molecular weight excluding hydrogens is 439 g/mol. The molecule has 1 fully saturated rings. The number of carbonyl (C=O) groups is 2. The van der Waals surface area contributed by atoms with Gasteiger partial charge in [0.15, 0.2) is 5.96 Å². The van der Waals surface area contributed by atoms with E-state index in [-0.39, 0.29) is 53.9 Å². The van der Waals surface area contributed by atoms with Gasteiger partial charge in [-0.2, -0.15) is 0 Å². The number of rotatable bonds is 7. The number of carbonyl (C=O) groups excluding carboxylic acids is 2. The fourth-order valence-electron chi connectivity index (χ4n) is 5.29. The molecule has 1 aliphatic carbocycles. The van der Waals surface area contributed by atoms with Crippen molar-refractivity contribution in [1.82, 2.24) is 10.2 Å². The summed E-state index contributed by atoms with van der Waals surface area (Å²) in [6, 6.07) is 3.77. The minimum absolute atomic E-state index is 0.0473. The second-order valence-electron chi connectivity index (χ2n) is 10.9. The van der Waals surface area contributed by atoms with Crippen molar-refractivity contribution in [3.63, 3.8) is 0 Å². The van der Waals surface area contributed by atoms with Crippen LogP contribution in [0, 0.1) is 17.7 Å². The number of fused-ring (bicyclic) bond motifs is 1. The summed E-state index contributed by atoms with van der Waals surface area (Å²) in [7, 11) is 1.61. The molecule has 4 rings (SSSR count). The van der Waals surface area contributed by atoms with Crippen LogP contribution >= 0.6 is 0 Å².